The minimum absolute atomic E-state index is 0.551. The normalized spacial score (nSPS) is 20.3. The third-order valence-corrected chi connectivity index (χ3v) is 3.55. The van der Waals surface area contributed by atoms with Gasteiger partial charge in [0, 0.05) is 37.8 Å². The van der Waals surface area contributed by atoms with E-state index >= 15 is 0 Å². The van der Waals surface area contributed by atoms with E-state index in [0.717, 1.165) is 36.8 Å². The molecule has 1 aliphatic heterocycles. The molecule has 2 heterocycles. The molecule has 18 heavy (non-hydrogen) atoms. The van der Waals surface area contributed by atoms with Gasteiger partial charge in [0.15, 0.2) is 0 Å². The van der Waals surface area contributed by atoms with Gasteiger partial charge in [0.1, 0.15) is 11.6 Å². The Hall–Kier alpha value is -1.20. The summed E-state index contributed by atoms with van der Waals surface area (Å²) in [4.78, 5) is 13.6. The van der Waals surface area contributed by atoms with Gasteiger partial charge in [0.05, 0.1) is 0 Å². The number of rotatable bonds is 4. The summed E-state index contributed by atoms with van der Waals surface area (Å²) >= 11 is 0. The Morgan fingerprint density at radius 3 is 2.89 bits per heavy atom. The van der Waals surface area contributed by atoms with E-state index < -0.39 is 0 Å². The zero-order chi connectivity index (χ0) is 13.1. The van der Waals surface area contributed by atoms with E-state index in [1.54, 1.807) is 0 Å². The highest BCUT2D eigenvalue weighted by Gasteiger charge is 2.24. The molecular formula is C13H23N5. The van der Waals surface area contributed by atoms with Crippen LogP contribution in [0.25, 0.3) is 0 Å². The Morgan fingerprint density at radius 2 is 2.28 bits per heavy atom. The lowest BCUT2D eigenvalue weighted by molar-refractivity contribution is 0.409. The second-order valence-electron chi connectivity index (χ2n) is 5.12. The lowest BCUT2D eigenvalue weighted by Crippen LogP contribution is -2.34. The van der Waals surface area contributed by atoms with Gasteiger partial charge in [-0.2, -0.15) is 0 Å². The number of anilines is 1. The lowest BCUT2D eigenvalue weighted by Gasteiger charge is -2.26. The number of likely N-dealkylation sites (N-methyl/N-ethyl adjacent to an activating group) is 2. The van der Waals surface area contributed by atoms with Crippen LogP contribution in [0.15, 0.2) is 6.07 Å². The van der Waals surface area contributed by atoms with Crippen molar-refractivity contribution in [3.63, 3.8) is 0 Å². The van der Waals surface area contributed by atoms with Crippen LogP contribution in [0.1, 0.15) is 17.9 Å². The Kier molecular flexibility index (Phi) is 4.14. The molecule has 0 aromatic carbocycles. The first kappa shape index (κ1) is 13.2. The number of hydrogen-bond donors (Lipinski definition) is 1. The van der Waals surface area contributed by atoms with E-state index in [1.807, 2.05) is 6.92 Å². The number of likely N-dealkylation sites (tertiary alicyclic amines) is 1. The first-order chi connectivity index (χ1) is 8.60. The molecular weight excluding hydrogens is 226 g/mol. The molecule has 0 aliphatic carbocycles. The highest BCUT2D eigenvalue weighted by molar-refractivity contribution is 5.40. The van der Waals surface area contributed by atoms with Crippen molar-refractivity contribution >= 4 is 5.82 Å². The molecule has 2 rings (SSSR count). The number of nitrogens with two attached hydrogens (primary N) is 1. The summed E-state index contributed by atoms with van der Waals surface area (Å²) in [6.45, 7) is 4.84. The van der Waals surface area contributed by atoms with Crippen LogP contribution in [-0.2, 0) is 6.42 Å². The highest BCUT2D eigenvalue weighted by atomic mass is 15.3. The third kappa shape index (κ3) is 2.97. The van der Waals surface area contributed by atoms with Gasteiger partial charge < -0.3 is 15.5 Å². The predicted octanol–water partition coefficient (Wildman–Crippen LogP) is 0.427. The number of aryl methyl sites for hydroxylation is 1. The molecule has 100 valence electrons. The molecule has 1 aliphatic rings. The molecule has 0 amide bonds. The van der Waals surface area contributed by atoms with Gasteiger partial charge in [-0.05, 0) is 33.5 Å². The topological polar surface area (TPSA) is 58.3 Å². The molecule has 0 spiro atoms. The zero-order valence-corrected chi connectivity index (χ0v) is 11.6. The van der Waals surface area contributed by atoms with Crippen LogP contribution in [-0.4, -0.2) is 54.6 Å². The largest absolute Gasteiger partial charge is 0.355 e. The van der Waals surface area contributed by atoms with Gasteiger partial charge in [-0.1, -0.05) is 0 Å². The Morgan fingerprint density at radius 1 is 1.50 bits per heavy atom. The van der Waals surface area contributed by atoms with Gasteiger partial charge in [0.25, 0.3) is 0 Å². The maximum Gasteiger partial charge on any atom is 0.132 e. The van der Waals surface area contributed by atoms with Crippen molar-refractivity contribution in [2.45, 2.75) is 25.8 Å². The van der Waals surface area contributed by atoms with Crippen molar-refractivity contribution in [3.05, 3.63) is 17.6 Å². The number of nitrogens with zero attached hydrogens (tertiary/aromatic N) is 4. The van der Waals surface area contributed by atoms with Crippen molar-refractivity contribution in [1.82, 2.24) is 14.9 Å². The molecule has 1 aromatic heterocycles. The monoisotopic (exact) mass is 249 g/mol. The maximum atomic E-state index is 5.60. The Balaban J connectivity index is 2.16. The van der Waals surface area contributed by atoms with E-state index in [9.17, 15) is 0 Å². The fraction of sp³-hybridized carbons (Fsp3) is 0.692. The van der Waals surface area contributed by atoms with E-state index in [1.165, 1.54) is 6.42 Å². The minimum Gasteiger partial charge on any atom is -0.355 e. The van der Waals surface area contributed by atoms with Crippen molar-refractivity contribution in [3.8, 4) is 0 Å². The van der Waals surface area contributed by atoms with E-state index in [0.29, 0.717) is 12.6 Å². The second-order valence-corrected chi connectivity index (χ2v) is 5.12. The first-order valence-electron chi connectivity index (χ1n) is 6.56. The average molecular weight is 249 g/mol. The van der Waals surface area contributed by atoms with Gasteiger partial charge >= 0.3 is 0 Å². The summed E-state index contributed by atoms with van der Waals surface area (Å²) in [6.07, 6.45) is 2.01. The Bertz CT molecular complexity index is 406. The summed E-state index contributed by atoms with van der Waals surface area (Å²) in [5.41, 5.74) is 6.64. The van der Waals surface area contributed by atoms with Crippen LogP contribution in [0.4, 0.5) is 5.82 Å². The molecule has 0 bridgehead atoms. The van der Waals surface area contributed by atoms with Crippen molar-refractivity contribution in [1.29, 1.82) is 0 Å². The molecule has 0 radical (unpaired) electrons. The average Bonchev–Trinajstić information content (AvgIpc) is 2.74. The lowest BCUT2D eigenvalue weighted by atomic mass is 10.2. The van der Waals surface area contributed by atoms with Gasteiger partial charge in [-0.15, -0.1) is 0 Å². The highest BCUT2D eigenvalue weighted by Crippen LogP contribution is 2.19. The minimum atomic E-state index is 0.551. The number of aromatic nitrogens is 2. The van der Waals surface area contributed by atoms with E-state index in [-0.39, 0.29) is 0 Å². The maximum absolute atomic E-state index is 5.60. The second kappa shape index (κ2) is 5.63. The zero-order valence-electron chi connectivity index (χ0n) is 11.6. The van der Waals surface area contributed by atoms with Gasteiger partial charge in [-0.3, -0.25) is 0 Å². The molecule has 1 aromatic rings. The molecule has 5 heteroatoms. The standard InChI is InChI=1S/C13H23N5/c1-10-15-11(4-6-14)8-13(16-10)18(3)12-5-7-17(2)9-12/h8,12H,4-7,9,14H2,1-3H3/t12-/m0/s1. The summed E-state index contributed by atoms with van der Waals surface area (Å²) in [5, 5.41) is 0. The van der Waals surface area contributed by atoms with E-state index in [4.69, 9.17) is 5.73 Å². The van der Waals surface area contributed by atoms with Crippen molar-refractivity contribution < 1.29 is 0 Å². The first-order valence-corrected chi connectivity index (χ1v) is 6.56. The van der Waals surface area contributed by atoms with Crippen LogP contribution in [0, 0.1) is 6.92 Å². The number of hydrogen-bond acceptors (Lipinski definition) is 5. The summed E-state index contributed by atoms with van der Waals surface area (Å²) < 4.78 is 0. The summed E-state index contributed by atoms with van der Waals surface area (Å²) in [7, 11) is 4.29. The SMILES string of the molecule is Cc1nc(CCN)cc(N(C)[C@H]2CCN(C)C2)n1. The molecule has 0 saturated carbocycles. The molecule has 1 fully saturated rings. The van der Waals surface area contributed by atoms with Crippen molar-refractivity contribution in [2.24, 2.45) is 5.73 Å². The van der Waals surface area contributed by atoms with Crippen LogP contribution in [0.3, 0.4) is 0 Å². The predicted molar refractivity (Wildman–Crippen MR) is 73.8 cm³/mol. The Labute approximate surface area is 109 Å². The van der Waals surface area contributed by atoms with Crippen LogP contribution >= 0.6 is 0 Å². The smallest absolute Gasteiger partial charge is 0.132 e. The van der Waals surface area contributed by atoms with Gasteiger partial charge in [-0.25, -0.2) is 9.97 Å². The summed E-state index contributed by atoms with van der Waals surface area (Å²) in [5.74, 6) is 1.85. The van der Waals surface area contributed by atoms with Gasteiger partial charge in [0.2, 0.25) is 0 Å². The van der Waals surface area contributed by atoms with Crippen molar-refractivity contribution in [2.75, 3.05) is 38.6 Å². The summed E-state index contributed by atoms with van der Waals surface area (Å²) in [6, 6.07) is 2.62. The molecule has 1 saturated heterocycles. The molecule has 2 N–H and O–H groups in total. The quantitative estimate of drug-likeness (QED) is 0.838. The van der Waals surface area contributed by atoms with E-state index in [2.05, 4.69) is 39.9 Å². The molecule has 5 nitrogen and oxygen atoms in total. The molecule has 0 unspecified atom stereocenters. The fourth-order valence-electron chi connectivity index (χ4n) is 2.48. The third-order valence-electron chi connectivity index (χ3n) is 3.55. The van der Waals surface area contributed by atoms with Crippen LogP contribution in [0.5, 0.6) is 0 Å². The van der Waals surface area contributed by atoms with Crippen LogP contribution in [0.2, 0.25) is 0 Å². The van der Waals surface area contributed by atoms with Crippen LogP contribution < -0.4 is 10.6 Å². The fourth-order valence-corrected chi connectivity index (χ4v) is 2.48. The molecule has 1 atom stereocenters.